The van der Waals surface area contributed by atoms with Crippen LogP contribution in [0.3, 0.4) is 0 Å². The second-order valence-corrected chi connectivity index (χ2v) is 5.49. The van der Waals surface area contributed by atoms with Gasteiger partial charge in [0.25, 0.3) is 0 Å². The van der Waals surface area contributed by atoms with Crippen LogP contribution in [-0.4, -0.2) is 39.0 Å². The van der Waals surface area contributed by atoms with E-state index in [1.54, 1.807) is 13.1 Å². The molecule has 1 aromatic rings. The van der Waals surface area contributed by atoms with E-state index in [1.807, 2.05) is 6.92 Å². The van der Waals surface area contributed by atoms with E-state index in [4.69, 9.17) is 5.73 Å². The molecule has 7 heteroatoms. The third-order valence-electron chi connectivity index (χ3n) is 3.34. The number of aliphatic carboxylic acids is 1. The monoisotopic (exact) mass is 296 g/mol. The number of hydrogen-bond acceptors (Lipinski definition) is 4. The number of aromatic nitrogens is 2. The number of amides is 1. The van der Waals surface area contributed by atoms with Crippen LogP contribution >= 0.6 is 0 Å². The number of hydrogen-bond donors (Lipinski definition) is 4. The molecular weight excluding hydrogens is 272 g/mol. The molecule has 0 bridgehead atoms. The van der Waals surface area contributed by atoms with Crippen LogP contribution in [0.2, 0.25) is 0 Å². The molecule has 0 saturated heterocycles. The van der Waals surface area contributed by atoms with Crippen LogP contribution in [0.5, 0.6) is 0 Å². The topological polar surface area (TPSA) is 121 Å². The van der Waals surface area contributed by atoms with E-state index in [2.05, 4.69) is 15.3 Å². The van der Waals surface area contributed by atoms with Gasteiger partial charge in [-0.1, -0.05) is 13.3 Å². The first-order valence-electron chi connectivity index (χ1n) is 7.16. The van der Waals surface area contributed by atoms with Gasteiger partial charge < -0.3 is 21.1 Å². The normalized spacial score (nSPS) is 15.2. The van der Waals surface area contributed by atoms with Gasteiger partial charge in [-0.3, -0.25) is 4.79 Å². The van der Waals surface area contributed by atoms with E-state index in [9.17, 15) is 14.7 Å². The lowest BCUT2D eigenvalue weighted by Crippen LogP contribution is -2.44. The minimum Gasteiger partial charge on any atom is -0.480 e. The summed E-state index contributed by atoms with van der Waals surface area (Å²) in [7, 11) is 0. The number of carbonyl (C=O) groups is 2. The SMILES string of the molecule is CC(N)CCCC(C)C(=O)NC(Cc1cnc[nH]1)C(=O)O. The number of carboxylic acids is 1. The van der Waals surface area contributed by atoms with E-state index in [1.165, 1.54) is 6.33 Å². The Hall–Kier alpha value is -1.89. The lowest BCUT2D eigenvalue weighted by atomic mass is 10.0. The summed E-state index contributed by atoms with van der Waals surface area (Å²) in [4.78, 5) is 29.9. The molecule has 1 amide bonds. The van der Waals surface area contributed by atoms with Crippen molar-refractivity contribution in [3.63, 3.8) is 0 Å². The summed E-state index contributed by atoms with van der Waals surface area (Å²) in [6.45, 7) is 3.72. The maximum atomic E-state index is 12.0. The van der Waals surface area contributed by atoms with E-state index < -0.39 is 12.0 Å². The van der Waals surface area contributed by atoms with E-state index in [0.717, 1.165) is 12.8 Å². The lowest BCUT2D eigenvalue weighted by Gasteiger charge is -2.17. The zero-order chi connectivity index (χ0) is 15.8. The Balaban J connectivity index is 2.46. The van der Waals surface area contributed by atoms with Crippen molar-refractivity contribution in [2.24, 2.45) is 11.7 Å². The van der Waals surface area contributed by atoms with Gasteiger partial charge >= 0.3 is 5.97 Å². The van der Waals surface area contributed by atoms with Crippen LogP contribution in [0.1, 0.15) is 38.8 Å². The number of rotatable bonds is 9. The maximum Gasteiger partial charge on any atom is 0.326 e. The zero-order valence-corrected chi connectivity index (χ0v) is 12.5. The minimum absolute atomic E-state index is 0.118. The molecule has 1 aromatic heterocycles. The molecule has 0 aliphatic carbocycles. The smallest absolute Gasteiger partial charge is 0.326 e. The third kappa shape index (κ3) is 6.40. The highest BCUT2D eigenvalue weighted by molar-refractivity contribution is 5.84. The van der Waals surface area contributed by atoms with Gasteiger partial charge in [-0.2, -0.15) is 0 Å². The predicted molar refractivity (Wildman–Crippen MR) is 78.5 cm³/mol. The van der Waals surface area contributed by atoms with Gasteiger partial charge in [-0.25, -0.2) is 9.78 Å². The van der Waals surface area contributed by atoms with E-state index >= 15 is 0 Å². The van der Waals surface area contributed by atoms with Gasteiger partial charge in [0.1, 0.15) is 6.04 Å². The Labute approximate surface area is 124 Å². The second-order valence-electron chi connectivity index (χ2n) is 5.49. The van der Waals surface area contributed by atoms with Gasteiger partial charge in [0.2, 0.25) is 5.91 Å². The molecule has 5 N–H and O–H groups in total. The fraction of sp³-hybridized carbons (Fsp3) is 0.643. The summed E-state index contributed by atoms with van der Waals surface area (Å²) in [5, 5.41) is 11.8. The number of carboxylic acid groups (broad SMARTS) is 1. The van der Waals surface area contributed by atoms with Crippen molar-refractivity contribution in [3.8, 4) is 0 Å². The van der Waals surface area contributed by atoms with Crippen LogP contribution in [0.15, 0.2) is 12.5 Å². The largest absolute Gasteiger partial charge is 0.480 e. The lowest BCUT2D eigenvalue weighted by molar-refractivity contribution is -0.142. The quantitative estimate of drug-likeness (QED) is 0.534. The van der Waals surface area contributed by atoms with Crippen molar-refractivity contribution in [3.05, 3.63) is 18.2 Å². The van der Waals surface area contributed by atoms with Crippen molar-refractivity contribution in [2.45, 2.75) is 51.6 Å². The fourth-order valence-corrected chi connectivity index (χ4v) is 2.01. The van der Waals surface area contributed by atoms with Gasteiger partial charge in [0.15, 0.2) is 0 Å². The van der Waals surface area contributed by atoms with Gasteiger partial charge in [0.05, 0.1) is 6.33 Å². The standard InChI is InChI=1S/C14H24N4O3/c1-9(4-3-5-10(2)15)13(19)18-12(14(20)21)6-11-7-16-8-17-11/h7-10,12H,3-6,15H2,1-2H3,(H,16,17)(H,18,19)(H,20,21). The van der Waals surface area contributed by atoms with E-state index in [0.29, 0.717) is 12.1 Å². The summed E-state index contributed by atoms with van der Waals surface area (Å²) in [6, 6.07) is -0.832. The summed E-state index contributed by atoms with van der Waals surface area (Å²) in [5.74, 6) is -1.53. The number of nitrogens with zero attached hydrogens (tertiary/aromatic N) is 1. The Bertz CT molecular complexity index is 445. The van der Waals surface area contributed by atoms with Crippen LogP contribution in [0, 0.1) is 5.92 Å². The first-order chi connectivity index (χ1) is 9.90. The summed E-state index contributed by atoms with van der Waals surface area (Å²) in [5.41, 5.74) is 6.34. The highest BCUT2D eigenvalue weighted by Gasteiger charge is 2.23. The average molecular weight is 296 g/mol. The number of H-pyrrole nitrogens is 1. The molecule has 0 saturated carbocycles. The zero-order valence-electron chi connectivity index (χ0n) is 12.5. The molecule has 1 rings (SSSR count). The number of carbonyl (C=O) groups excluding carboxylic acids is 1. The highest BCUT2D eigenvalue weighted by atomic mass is 16.4. The van der Waals surface area contributed by atoms with Crippen LogP contribution < -0.4 is 11.1 Å². The molecule has 118 valence electrons. The molecule has 7 nitrogen and oxygen atoms in total. The maximum absolute atomic E-state index is 12.0. The second kappa shape index (κ2) is 8.41. The predicted octanol–water partition coefficient (Wildman–Crippen LogP) is 0.675. The summed E-state index contributed by atoms with van der Waals surface area (Å²) in [6.07, 6.45) is 5.62. The molecule has 3 unspecified atom stereocenters. The Morgan fingerprint density at radius 1 is 1.43 bits per heavy atom. The summed E-state index contributed by atoms with van der Waals surface area (Å²) >= 11 is 0. The van der Waals surface area contributed by atoms with Gasteiger partial charge in [-0.15, -0.1) is 0 Å². The number of imidazole rings is 1. The first-order valence-corrected chi connectivity index (χ1v) is 7.16. The Kier molecular flexibility index (Phi) is 6.87. The molecule has 0 fully saturated rings. The fourth-order valence-electron chi connectivity index (χ4n) is 2.01. The Morgan fingerprint density at radius 3 is 2.67 bits per heavy atom. The molecule has 21 heavy (non-hydrogen) atoms. The van der Waals surface area contributed by atoms with Crippen LogP contribution in [-0.2, 0) is 16.0 Å². The molecule has 0 radical (unpaired) electrons. The molecule has 1 heterocycles. The Morgan fingerprint density at radius 2 is 2.14 bits per heavy atom. The van der Waals surface area contributed by atoms with Gasteiger partial charge in [-0.05, 0) is 19.8 Å². The van der Waals surface area contributed by atoms with Crippen LogP contribution in [0.25, 0.3) is 0 Å². The van der Waals surface area contributed by atoms with Crippen molar-refractivity contribution < 1.29 is 14.7 Å². The molecule has 0 aliphatic heterocycles. The molecule has 0 spiro atoms. The summed E-state index contributed by atoms with van der Waals surface area (Å²) < 4.78 is 0. The highest BCUT2D eigenvalue weighted by Crippen LogP contribution is 2.10. The molecular formula is C14H24N4O3. The van der Waals surface area contributed by atoms with Crippen molar-refractivity contribution in [1.29, 1.82) is 0 Å². The first kappa shape index (κ1) is 17.2. The number of nitrogens with one attached hydrogen (secondary N) is 2. The minimum atomic E-state index is -1.05. The van der Waals surface area contributed by atoms with Crippen molar-refractivity contribution >= 4 is 11.9 Å². The molecule has 0 aromatic carbocycles. The van der Waals surface area contributed by atoms with E-state index in [-0.39, 0.29) is 24.3 Å². The van der Waals surface area contributed by atoms with Crippen LogP contribution in [0.4, 0.5) is 0 Å². The number of aromatic amines is 1. The van der Waals surface area contributed by atoms with Crippen molar-refractivity contribution in [2.75, 3.05) is 0 Å². The molecule has 3 atom stereocenters. The third-order valence-corrected chi connectivity index (χ3v) is 3.34. The molecule has 0 aliphatic rings. The van der Waals surface area contributed by atoms with Crippen molar-refractivity contribution in [1.82, 2.24) is 15.3 Å². The number of nitrogens with two attached hydrogens (primary N) is 1. The average Bonchev–Trinajstić information content (AvgIpc) is 2.90. The van der Waals surface area contributed by atoms with Gasteiger partial charge in [0, 0.05) is 30.3 Å².